The van der Waals surface area contributed by atoms with Gasteiger partial charge in [0.2, 0.25) is 0 Å². The van der Waals surface area contributed by atoms with Gasteiger partial charge in [0.1, 0.15) is 24.8 Å². The van der Waals surface area contributed by atoms with E-state index in [0.717, 1.165) is 32.2 Å². The highest BCUT2D eigenvalue weighted by Crippen LogP contribution is 2.62. The summed E-state index contributed by atoms with van der Waals surface area (Å²) in [5, 5.41) is 0. The lowest BCUT2D eigenvalue weighted by atomic mass is 9.66. The largest absolute Gasteiger partial charge is 0.573 e. The molecule has 0 aliphatic carbocycles. The normalized spacial score (nSPS) is 28.2. The van der Waals surface area contributed by atoms with Gasteiger partial charge in [0.05, 0.1) is 17.7 Å². The summed E-state index contributed by atoms with van der Waals surface area (Å²) in [6.07, 6.45) is -0.379. The molecule has 0 radical (unpaired) electrons. The fourth-order valence-electron chi connectivity index (χ4n) is 7.47. The number of fused-ring (bicyclic) bond motifs is 3. The average Bonchev–Trinajstić information content (AvgIpc) is 3.49. The van der Waals surface area contributed by atoms with E-state index >= 15 is 0 Å². The second kappa shape index (κ2) is 10.7. The first-order valence-corrected chi connectivity index (χ1v) is 13.9. The molecule has 212 valence electrons. The van der Waals surface area contributed by atoms with Crippen molar-refractivity contribution in [3.05, 3.63) is 95.6 Å². The van der Waals surface area contributed by atoms with Crippen LogP contribution in [0.5, 0.6) is 11.5 Å². The summed E-state index contributed by atoms with van der Waals surface area (Å²) in [5.41, 5.74) is 2.07. The number of rotatable bonds is 8. The molecule has 8 heteroatoms. The number of ether oxygens (including phenoxy) is 3. The smallest absolute Gasteiger partial charge is 0.491 e. The summed E-state index contributed by atoms with van der Waals surface area (Å²) in [6, 6.07) is 25.4. The van der Waals surface area contributed by atoms with Crippen LogP contribution in [0.2, 0.25) is 0 Å². The van der Waals surface area contributed by atoms with Crippen LogP contribution in [0.1, 0.15) is 54.7 Å². The molecule has 40 heavy (non-hydrogen) atoms. The Morgan fingerprint density at radius 1 is 0.925 bits per heavy atom. The highest BCUT2D eigenvalue weighted by molar-refractivity contribution is 5.45. The van der Waals surface area contributed by atoms with E-state index in [1.165, 1.54) is 29.3 Å². The van der Waals surface area contributed by atoms with Crippen LogP contribution in [-0.4, -0.2) is 42.8 Å². The fourth-order valence-corrected chi connectivity index (χ4v) is 7.47. The minimum Gasteiger partial charge on any atom is -0.491 e. The molecule has 3 saturated heterocycles. The zero-order valence-electron chi connectivity index (χ0n) is 22.2. The lowest BCUT2D eigenvalue weighted by Crippen LogP contribution is -2.63. The summed E-state index contributed by atoms with van der Waals surface area (Å²) in [6.45, 7) is 0.250. The monoisotopic (exact) mass is 555 g/mol. The summed E-state index contributed by atoms with van der Waals surface area (Å²) >= 11 is 0. The summed E-state index contributed by atoms with van der Waals surface area (Å²) in [7, 11) is 0. The van der Waals surface area contributed by atoms with E-state index in [1.54, 1.807) is 0 Å². The van der Waals surface area contributed by atoms with Crippen LogP contribution in [0.4, 0.5) is 17.6 Å². The van der Waals surface area contributed by atoms with Crippen LogP contribution < -0.4 is 9.47 Å². The van der Waals surface area contributed by atoms with E-state index in [0.29, 0.717) is 30.4 Å². The minimum absolute atomic E-state index is 0.175. The van der Waals surface area contributed by atoms with Gasteiger partial charge in [-0.2, -0.15) is 0 Å². The molecule has 1 spiro atoms. The van der Waals surface area contributed by atoms with Crippen molar-refractivity contribution in [1.82, 2.24) is 4.90 Å². The van der Waals surface area contributed by atoms with Crippen LogP contribution in [0.15, 0.2) is 78.9 Å². The molecule has 3 aliphatic heterocycles. The number of alkyl halides is 4. The number of halogens is 4. The third-order valence-electron chi connectivity index (χ3n) is 8.98. The van der Waals surface area contributed by atoms with Crippen LogP contribution in [-0.2, 0) is 16.8 Å². The predicted molar refractivity (Wildman–Crippen MR) is 143 cm³/mol. The quantitative estimate of drug-likeness (QED) is 0.269. The first-order valence-electron chi connectivity index (χ1n) is 13.9. The van der Waals surface area contributed by atoms with Crippen molar-refractivity contribution in [3.63, 3.8) is 0 Å². The molecule has 0 aromatic heterocycles. The van der Waals surface area contributed by atoms with Crippen LogP contribution >= 0.6 is 0 Å². The molecule has 6 rings (SSSR count). The maximum absolute atomic E-state index is 13.1. The van der Waals surface area contributed by atoms with Crippen molar-refractivity contribution in [3.8, 4) is 11.5 Å². The Morgan fingerprint density at radius 2 is 1.65 bits per heavy atom. The molecule has 3 aliphatic rings. The summed E-state index contributed by atoms with van der Waals surface area (Å²) < 4.78 is 69.0. The third kappa shape index (κ3) is 4.85. The highest BCUT2D eigenvalue weighted by Gasteiger charge is 2.66. The Morgan fingerprint density at radius 3 is 2.38 bits per heavy atom. The predicted octanol–water partition coefficient (Wildman–Crippen LogP) is 7.53. The number of nitrogens with zero attached hydrogens (tertiary/aromatic N) is 1. The van der Waals surface area contributed by atoms with Gasteiger partial charge in [-0.15, -0.1) is 13.2 Å². The zero-order valence-corrected chi connectivity index (χ0v) is 22.2. The first kappa shape index (κ1) is 27.1. The standard InChI is InChI=1S/C32H33F4NO3/c33-17-18-38-29-12-11-27(40-32(34,35)36)19-28(29)24-20-30(39-22-24)15-13-26-14-16-31(30,25-9-5-2-6-10-25)37(26)21-23-7-3-1-4-8-23/h1-12,19,24,26H,13-18,20-22H2. The Hall–Kier alpha value is -3.10. The van der Waals surface area contributed by atoms with E-state index in [-0.39, 0.29) is 23.8 Å². The van der Waals surface area contributed by atoms with Gasteiger partial charge in [-0.3, -0.25) is 4.90 Å². The fraction of sp³-hybridized carbons (Fsp3) is 0.438. The molecule has 3 aromatic rings. The van der Waals surface area contributed by atoms with Crippen LogP contribution in [0.25, 0.3) is 0 Å². The molecule has 0 amide bonds. The van der Waals surface area contributed by atoms with E-state index < -0.39 is 18.6 Å². The number of hydrogen-bond acceptors (Lipinski definition) is 4. The van der Waals surface area contributed by atoms with E-state index in [4.69, 9.17) is 9.47 Å². The Kier molecular flexibility index (Phi) is 7.25. The summed E-state index contributed by atoms with van der Waals surface area (Å²) in [4.78, 5) is 2.62. The van der Waals surface area contributed by atoms with E-state index in [9.17, 15) is 17.6 Å². The average molecular weight is 556 g/mol. The van der Waals surface area contributed by atoms with Gasteiger partial charge in [-0.1, -0.05) is 60.7 Å². The Balaban J connectivity index is 1.39. The molecule has 3 heterocycles. The molecule has 4 nitrogen and oxygen atoms in total. The Bertz CT molecular complexity index is 1300. The van der Waals surface area contributed by atoms with Crippen LogP contribution in [0, 0.1) is 0 Å². The maximum atomic E-state index is 13.1. The Labute approximate surface area is 231 Å². The number of piperidine rings is 1. The van der Waals surface area contributed by atoms with E-state index in [2.05, 4.69) is 58.2 Å². The van der Waals surface area contributed by atoms with Crippen molar-refractivity contribution in [2.45, 2.75) is 68.1 Å². The highest BCUT2D eigenvalue weighted by atomic mass is 19.4. The zero-order chi connectivity index (χ0) is 27.8. The number of hydrogen-bond donors (Lipinski definition) is 0. The van der Waals surface area contributed by atoms with Gasteiger partial charge >= 0.3 is 6.36 Å². The van der Waals surface area contributed by atoms with Crippen LogP contribution in [0.3, 0.4) is 0 Å². The molecule has 3 aromatic carbocycles. The molecule has 3 fully saturated rings. The van der Waals surface area contributed by atoms with Crippen molar-refractivity contribution in [2.75, 3.05) is 19.9 Å². The lowest BCUT2D eigenvalue weighted by molar-refractivity contribution is -0.274. The van der Waals surface area contributed by atoms with E-state index in [1.807, 2.05) is 12.1 Å². The second-order valence-corrected chi connectivity index (χ2v) is 11.1. The van der Waals surface area contributed by atoms with Crippen molar-refractivity contribution >= 4 is 0 Å². The van der Waals surface area contributed by atoms with Gasteiger partial charge in [0.15, 0.2) is 0 Å². The minimum atomic E-state index is -4.82. The lowest BCUT2D eigenvalue weighted by Gasteiger charge is -2.56. The molecular weight excluding hydrogens is 522 g/mol. The van der Waals surface area contributed by atoms with Crippen molar-refractivity contribution in [2.24, 2.45) is 0 Å². The maximum Gasteiger partial charge on any atom is 0.573 e. The molecular formula is C32H33F4NO3. The number of benzene rings is 3. The molecule has 0 saturated carbocycles. The molecule has 4 atom stereocenters. The van der Waals surface area contributed by atoms with Gasteiger partial charge in [0, 0.05) is 24.1 Å². The third-order valence-corrected chi connectivity index (χ3v) is 8.98. The van der Waals surface area contributed by atoms with Crippen molar-refractivity contribution in [1.29, 1.82) is 0 Å². The molecule has 4 unspecified atom stereocenters. The van der Waals surface area contributed by atoms with Gasteiger partial charge in [-0.25, -0.2) is 4.39 Å². The van der Waals surface area contributed by atoms with Gasteiger partial charge < -0.3 is 14.2 Å². The molecule has 0 N–H and O–H groups in total. The molecule has 2 bridgehead atoms. The second-order valence-electron chi connectivity index (χ2n) is 11.1. The topological polar surface area (TPSA) is 30.9 Å². The summed E-state index contributed by atoms with van der Waals surface area (Å²) in [5.74, 6) is -0.181. The van der Waals surface area contributed by atoms with Crippen molar-refractivity contribution < 1.29 is 31.8 Å². The first-order chi connectivity index (χ1) is 19.3. The van der Waals surface area contributed by atoms with Gasteiger partial charge in [0.25, 0.3) is 0 Å². The van der Waals surface area contributed by atoms with Gasteiger partial charge in [-0.05, 0) is 61.4 Å². The SMILES string of the molecule is FCCOc1ccc(OC(F)(F)F)cc1C1COC2(CCC3CCC2(c2ccccc2)N3Cc2ccccc2)C1.